The van der Waals surface area contributed by atoms with Gasteiger partial charge in [0.05, 0.1) is 25.0 Å². The van der Waals surface area contributed by atoms with Crippen molar-refractivity contribution in [2.45, 2.75) is 209 Å². The van der Waals surface area contributed by atoms with E-state index in [4.69, 9.17) is 18.9 Å². The minimum Gasteiger partial charge on any atom is -0.504 e. The van der Waals surface area contributed by atoms with E-state index in [0.29, 0.717) is 23.3 Å². The maximum absolute atomic E-state index is 13.5. The number of ether oxygens (including phenoxy) is 4. The van der Waals surface area contributed by atoms with Gasteiger partial charge in [0.1, 0.15) is 6.10 Å². The Hall–Kier alpha value is -3.42. The van der Waals surface area contributed by atoms with Crippen molar-refractivity contribution in [1.82, 2.24) is 0 Å². The number of hydrogen-bond acceptors (Lipinski definition) is 8. The summed E-state index contributed by atoms with van der Waals surface area (Å²) in [6.45, 7) is 28.9. The lowest BCUT2D eigenvalue weighted by Gasteiger charge is -2.73. The van der Waals surface area contributed by atoms with E-state index in [1.165, 1.54) is 29.5 Å². The maximum Gasteiger partial charge on any atom is 0.311 e. The monoisotopic (exact) mass is 933 g/mol. The molecule has 0 aromatic heterocycles. The number of phenolic OH excluding ortho intramolecular Hbond substituents is 2. The molecule has 16 unspecified atom stereocenters. The number of benzene rings is 2. The van der Waals surface area contributed by atoms with Crippen LogP contribution in [0, 0.1) is 80.8 Å². The second-order valence-corrected chi connectivity index (χ2v) is 27.8. The summed E-state index contributed by atoms with van der Waals surface area (Å²) >= 11 is 0. The number of carbonyl (C=O) groups excluding carboxylic acids is 2. The molecular weight excluding hydrogens is 849 g/mol. The summed E-state index contributed by atoms with van der Waals surface area (Å²) in [6, 6.07) is 4.26. The Balaban J connectivity index is 1.01. The predicted molar refractivity (Wildman–Crippen MR) is 264 cm³/mol. The lowest BCUT2D eigenvalue weighted by atomic mass is 9.32. The SMILES string of the molecule is COC(=O)C1(C)CCC2(C)CCC3(C)C4CCc5c(cc6c(c5C)OC5C(O6)c6c(cc(O)c(O)c6C)C6(C)CCC7(C)C8CC(C)(C(=O)OC)CCC8(C)CCC7(C)C56)C4(C)CCC3(C)C2C1. The second kappa shape index (κ2) is 14.2. The minimum absolute atomic E-state index is 0.0321. The van der Waals surface area contributed by atoms with Crippen molar-refractivity contribution >= 4 is 11.9 Å². The molecule has 2 N–H and O–H groups in total. The molecule has 2 aromatic carbocycles. The summed E-state index contributed by atoms with van der Waals surface area (Å²) < 4.78 is 26.4. The fourth-order valence-corrected chi connectivity index (χ4v) is 20.4. The standard InChI is InChI=1S/C60H84O8/c1-33-35-15-16-40-55(7,23-27-58(10)41-31-53(5,49(63)65-13)19-17-51(41,3)21-25-57(40,58)9)36(35)30-39-45(33)68-47-46(67-39)43-34(2)44(62)38(61)29-37(43)56(8)24-28-59(11)42-32-54(6,50(64)66-14)20-18-52(42,4)22-26-60(59,12)48(47)56/h29-30,40-42,46-48,61-62H,15-28,31-32H2,1-14H3. The van der Waals surface area contributed by atoms with Crippen LogP contribution in [0.25, 0.3) is 0 Å². The molecule has 1 aliphatic heterocycles. The van der Waals surface area contributed by atoms with E-state index >= 15 is 0 Å². The first-order valence-electron chi connectivity index (χ1n) is 26.9. The fourth-order valence-electron chi connectivity index (χ4n) is 20.4. The van der Waals surface area contributed by atoms with E-state index in [1.54, 1.807) is 14.2 Å². The van der Waals surface area contributed by atoms with Crippen molar-refractivity contribution in [3.8, 4) is 23.0 Å². The van der Waals surface area contributed by atoms with E-state index in [2.05, 4.69) is 82.2 Å². The average Bonchev–Trinajstić information content (AvgIpc) is 3.30. The molecule has 6 saturated carbocycles. The first kappa shape index (κ1) is 46.9. The van der Waals surface area contributed by atoms with Crippen LogP contribution in [0.2, 0.25) is 0 Å². The zero-order valence-corrected chi connectivity index (χ0v) is 44.3. The molecule has 8 aliphatic carbocycles. The summed E-state index contributed by atoms with van der Waals surface area (Å²) in [7, 11) is 3.11. The second-order valence-electron chi connectivity index (χ2n) is 27.8. The lowest BCUT2D eigenvalue weighted by molar-refractivity contribution is -0.238. The van der Waals surface area contributed by atoms with Gasteiger partial charge in [-0.3, -0.25) is 9.59 Å². The molecule has 0 bridgehead atoms. The van der Waals surface area contributed by atoms with Crippen LogP contribution >= 0.6 is 0 Å². The van der Waals surface area contributed by atoms with Crippen LogP contribution in [0.5, 0.6) is 23.0 Å². The summed E-state index contributed by atoms with van der Waals surface area (Å²) in [5.41, 5.74) is 5.62. The Bertz CT molecular complexity index is 2530. The van der Waals surface area contributed by atoms with Gasteiger partial charge in [-0.2, -0.15) is 0 Å². The zero-order valence-electron chi connectivity index (χ0n) is 44.3. The highest BCUT2D eigenvalue weighted by Crippen LogP contribution is 2.79. The topological polar surface area (TPSA) is 112 Å². The van der Waals surface area contributed by atoms with Crippen molar-refractivity contribution in [2.24, 2.45) is 67.0 Å². The van der Waals surface area contributed by atoms with Crippen LogP contribution in [-0.2, 0) is 36.3 Å². The van der Waals surface area contributed by atoms with Crippen LogP contribution in [0.15, 0.2) is 12.1 Å². The molecule has 8 heteroatoms. The van der Waals surface area contributed by atoms with Gasteiger partial charge in [-0.1, -0.05) is 55.4 Å². The highest BCUT2D eigenvalue weighted by atomic mass is 16.6. The molecule has 68 heavy (non-hydrogen) atoms. The number of fused-ring (bicyclic) bond motifs is 18. The Labute approximate surface area is 407 Å². The molecule has 0 radical (unpaired) electrons. The summed E-state index contributed by atoms with van der Waals surface area (Å²) in [6.07, 6.45) is 15.6. The smallest absolute Gasteiger partial charge is 0.311 e. The largest absolute Gasteiger partial charge is 0.504 e. The molecule has 6 fully saturated rings. The van der Waals surface area contributed by atoms with E-state index in [-0.39, 0.29) is 78.8 Å². The number of esters is 2. The van der Waals surface area contributed by atoms with Crippen LogP contribution in [0.4, 0.5) is 0 Å². The number of methoxy groups -OCH3 is 2. The first-order chi connectivity index (χ1) is 31.7. The molecular formula is C60H84O8. The molecule has 9 aliphatic rings. The highest BCUT2D eigenvalue weighted by Gasteiger charge is 2.73. The van der Waals surface area contributed by atoms with Gasteiger partial charge in [-0.05, 0) is 220 Å². The molecule has 2 aromatic rings. The fraction of sp³-hybridized carbons (Fsp3) is 0.767. The van der Waals surface area contributed by atoms with Crippen molar-refractivity contribution in [2.75, 3.05) is 14.2 Å². The van der Waals surface area contributed by atoms with Crippen LogP contribution in [-0.4, -0.2) is 42.5 Å². The van der Waals surface area contributed by atoms with Crippen molar-refractivity contribution < 1.29 is 38.7 Å². The number of carbonyl (C=O) groups is 2. The Morgan fingerprint density at radius 1 is 0.588 bits per heavy atom. The number of phenols is 2. The third kappa shape index (κ3) is 5.51. The van der Waals surface area contributed by atoms with Crippen molar-refractivity contribution in [3.63, 3.8) is 0 Å². The highest BCUT2D eigenvalue weighted by molar-refractivity contribution is 5.77. The normalized spacial score (nSPS) is 48.3. The van der Waals surface area contributed by atoms with Crippen molar-refractivity contribution in [3.05, 3.63) is 45.5 Å². The summed E-state index contributed by atoms with van der Waals surface area (Å²) in [4.78, 5) is 26.9. The zero-order chi connectivity index (χ0) is 48.9. The predicted octanol–water partition coefficient (Wildman–Crippen LogP) is 13.5. The molecule has 16 atom stereocenters. The van der Waals surface area contributed by atoms with Gasteiger partial charge in [0.15, 0.2) is 29.1 Å². The quantitative estimate of drug-likeness (QED) is 0.226. The van der Waals surface area contributed by atoms with E-state index < -0.39 is 16.9 Å². The summed E-state index contributed by atoms with van der Waals surface area (Å²) in [5, 5.41) is 23.0. The molecule has 0 amide bonds. The van der Waals surface area contributed by atoms with Gasteiger partial charge >= 0.3 is 11.9 Å². The minimum atomic E-state index is -0.522. The van der Waals surface area contributed by atoms with Gasteiger partial charge in [0, 0.05) is 22.5 Å². The number of rotatable bonds is 2. The number of hydrogen-bond donors (Lipinski definition) is 2. The number of aromatic hydroxyl groups is 2. The van der Waals surface area contributed by atoms with Gasteiger partial charge in [-0.25, -0.2) is 0 Å². The van der Waals surface area contributed by atoms with E-state index in [1.807, 2.05) is 13.0 Å². The molecule has 11 rings (SSSR count). The van der Waals surface area contributed by atoms with Gasteiger partial charge in [0.25, 0.3) is 0 Å². The van der Waals surface area contributed by atoms with Crippen LogP contribution in [0.1, 0.15) is 205 Å². The van der Waals surface area contributed by atoms with Crippen molar-refractivity contribution in [1.29, 1.82) is 0 Å². The molecule has 0 spiro atoms. The lowest BCUT2D eigenvalue weighted by Crippen LogP contribution is -2.69. The third-order valence-corrected chi connectivity index (χ3v) is 25.2. The van der Waals surface area contributed by atoms with Gasteiger partial charge in [-0.15, -0.1) is 0 Å². The van der Waals surface area contributed by atoms with Gasteiger partial charge in [0.2, 0.25) is 0 Å². The third-order valence-electron chi connectivity index (χ3n) is 25.2. The van der Waals surface area contributed by atoms with Crippen LogP contribution < -0.4 is 9.47 Å². The molecule has 372 valence electrons. The molecule has 1 heterocycles. The van der Waals surface area contributed by atoms with Gasteiger partial charge < -0.3 is 29.2 Å². The van der Waals surface area contributed by atoms with Crippen LogP contribution in [0.3, 0.4) is 0 Å². The Kier molecular flexibility index (Phi) is 9.78. The summed E-state index contributed by atoms with van der Waals surface area (Å²) in [5.74, 6) is 2.69. The first-order valence-corrected chi connectivity index (χ1v) is 26.9. The maximum atomic E-state index is 13.5. The Morgan fingerprint density at radius 2 is 1.09 bits per heavy atom. The Morgan fingerprint density at radius 3 is 1.66 bits per heavy atom. The average molecular weight is 933 g/mol. The molecule has 8 nitrogen and oxygen atoms in total. The van der Waals surface area contributed by atoms with E-state index in [9.17, 15) is 19.8 Å². The molecule has 0 saturated heterocycles. The van der Waals surface area contributed by atoms with E-state index in [0.717, 1.165) is 113 Å².